The fourth-order valence-electron chi connectivity index (χ4n) is 2.83. The molecule has 0 aliphatic carbocycles. The molecule has 2 aromatic rings. The van der Waals surface area contributed by atoms with Crippen LogP contribution >= 0.6 is 0 Å². The summed E-state index contributed by atoms with van der Waals surface area (Å²) in [4.78, 5) is 12.6. The largest absolute Gasteiger partial charge is 0.508 e. The smallest absolute Gasteiger partial charge is 0.233 e. The van der Waals surface area contributed by atoms with E-state index < -0.39 is 0 Å². The van der Waals surface area contributed by atoms with E-state index in [4.69, 9.17) is 0 Å². The Balaban J connectivity index is 1.87. The van der Waals surface area contributed by atoms with Crippen molar-refractivity contribution < 1.29 is 9.90 Å². The lowest BCUT2D eigenvalue weighted by Crippen LogP contribution is -2.42. The molecule has 1 heterocycles. The predicted octanol–water partition coefficient (Wildman–Crippen LogP) is 2.61. The standard InChI is InChI=1S/C17H18N2O2/c1-11-16(15-8-3-2-5-12(15)10-18-11)17(21)19-13-6-4-7-14(20)9-13/h2-9,11,16,18,20H,10H2,1H3,(H,19,21). The molecule has 2 atom stereocenters. The number of fused-ring (bicyclic) bond motifs is 1. The van der Waals surface area contributed by atoms with Crippen LogP contribution in [-0.4, -0.2) is 17.1 Å². The molecule has 0 radical (unpaired) electrons. The summed E-state index contributed by atoms with van der Waals surface area (Å²) in [6.45, 7) is 2.80. The number of phenolic OH excluding ortho intramolecular Hbond substituents is 1. The maximum absolute atomic E-state index is 12.6. The van der Waals surface area contributed by atoms with Crippen LogP contribution in [0, 0.1) is 0 Å². The number of rotatable bonds is 2. The van der Waals surface area contributed by atoms with Crippen molar-refractivity contribution in [2.24, 2.45) is 0 Å². The zero-order valence-electron chi connectivity index (χ0n) is 11.8. The van der Waals surface area contributed by atoms with Gasteiger partial charge in [0, 0.05) is 24.3 Å². The van der Waals surface area contributed by atoms with Gasteiger partial charge in [-0.15, -0.1) is 0 Å². The minimum absolute atomic E-state index is 0.0623. The van der Waals surface area contributed by atoms with Crippen LogP contribution in [-0.2, 0) is 11.3 Å². The maximum Gasteiger partial charge on any atom is 0.233 e. The highest BCUT2D eigenvalue weighted by atomic mass is 16.3. The fraction of sp³-hybridized carbons (Fsp3) is 0.235. The van der Waals surface area contributed by atoms with Gasteiger partial charge in [-0.2, -0.15) is 0 Å². The van der Waals surface area contributed by atoms with E-state index in [0.29, 0.717) is 5.69 Å². The third kappa shape index (κ3) is 2.76. The van der Waals surface area contributed by atoms with E-state index in [9.17, 15) is 9.90 Å². The van der Waals surface area contributed by atoms with Gasteiger partial charge >= 0.3 is 0 Å². The van der Waals surface area contributed by atoms with Crippen molar-refractivity contribution in [3.8, 4) is 5.75 Å². The number of phenols is 1. The molecular weight excluding hydrogens is 264 g/mol. The fourth-order valence-corrected chi connectivity index (χ4v) is 2.83. The van der Waals surface area contributed by atoms with Gasteiger partial charge in [-0.05, 0) is 30.2 Å². The number of aromatic hydroxyl groups is 1. The lowest BCUT2D eigenvalue weighted by atomic mass is 9.85. The first kappa shape index (κ1) is 13.6. The van der Waals surface area contributed by atoms with Crippen molar-refractivity contribution in [1.82, 2.24) is 5.32 Å². The Morgan fingerprint density at radius 2 is 2.05 bits per heavy atom. The minimum atomic E-state index is -0.239. The van der Waals surface area contributed by atoms with E-state index in [2.05, 4.69) is 10.6 Å². The number of benzene rings is 2. The molecule has 0 fully saturated rings. The number of hydrogen-bond donors (Lipinski definition) is 3. The summed E-state index contributed by atoms with van der Waals surface area (Å²) >= 11 is 0. The van der Waals surface area contributed by atoms with Crippen molar-refractivity contribution in [3.63, 3.8) is 0 Å². The summed E-state index contributed by atoms with van der Waals surface area (Å²) in [7, 11) is 0. The first-order valence-electron chi connectivity index (χ1n) is 7.06. The van der Waals surface area contributed by atoms with Crippen LogP contribution in [0.2, 0.25) is 0 Å². The van der Waals surface area contributed by atoms with Crippen molar-refractivity contribution in [2.45, 2.75) is 25.4 Å². The molecule has 0 spiro atoms. The number of hydrogen-bond acceptors (Lipinski definition) is 3. The van der Waals surface area contributed by atoms with E-state index >= 15 is 0 Å². The summed E-state index contributed by atoms with van der Waals surface area (Å²) in [5.41, 5.74) is 2.84. The van der Waals surface area contributed by atoms with Gasteiger partial charge in [-0.3, -0.25) is 4.79 Å². The van der Waals surface area contributed by atoms with E-state index in [1.807, 2.05) is 31.2 Å². The summed E-state index contributed by atoms with van der Waals surface area (Å²) in [6.07, 6.45) is 0. The summed E-state index contributed by atoms with van der Waals surface area (Å²) in [5.74, 6) is -0.159. The first-order valence-corrected chi connectivity index (χ1v) is 7.06. The van der Waals surface area contributed by atoms with Crippen molar-refractivity contribution in [3.05, 3.63) is 59.7 Å². The van der Waals surface area contributed by atoms with Gasteiger partial charge in [-0.25, -0.2) is 0 Å². The lowest BCUT2D eigenvalue weighted by Gasteiger charge is -2.31. The molecule has 3 N–H and O–H groups in total. The molecule has 4 nitrogen and oxygen atoms in total. The van der Waals surface area contributed by atoms with Crippen molar-refractivity contribution >= 4 is 11.6 Å². The predicted molar refractivity (Wildman–Crippen MR) is 82.2 cm³/mol. The molecule has 21 heavy (non-hydrogen) atoms. The minimum Gasteiger partial charge on any atom is -0.508 e. The SMILES string of the molecule is CC1NCc2ccccc2C1C(=O)Nc1cccc(O)c1. The molecule has 0 saturated carbocycles. The third-order valence-electron chi connectivity index (χ3n) is 3.90. The summed E-state index contributed by atoms with van der Waals surface area (Å²) in [6, 6.07) is 14.7. The van der Waals surface area contributed by atoms with Crippen LogP contribution < -0.4 is 10.6 Å². The lowest BCUT2D eigenvalue weighted by molar-refractivity contribution is -0.118. The molecule has 2 aromatic carbocycles. The van der Waals surface area contributed by atoms with Crippen LogP contribution in [0.3, 0.4) is 0 Å². The van der Waals surface area contributed by atoms with Crippen LogP contribution in [0.25, 0.3) is 0 Å². The Labute approximate surface area is 123 Å². The van der Waals surface area contributed by atoms with E-state index in [-0.39, 0.29) is 23.6 Å². The zero-order chi connectivity index (χ0) is 14.8. The van der Waals surface area contributed by atoms with Crippen LogP contribution in [0.5, 0.6) is 5.75 Å². The average molecular weight is 282 g/mol. The van der Waals surface area contributed by atoms with Crippen LogP contribution in [0.1, 0.15) is 24.0 Å². The molecule has 0 aromatic heterocycles. The van der Waals surface area contributed by atoms with Crippen molar-refractivity contribution in [1.29, 1.82) is 0 Å². The van der Waals surface area contributed by atoms with E-state index in [0.717, 1.165) is 17.7 Å². The summed E-state index contributed by atoms with van der Waals surface area (Å²) < 4.78 is 0. The molecular formula is C17H18N2O2. The Morgan fingerprint density at radius 3 is 2.86 bits per heavy atom. The molecule has 4 heteroatoms. The van der Waals surface area contributed by atoms with Gasteiger partial charge in [0.2, 0.25) is 5.91 Å². The number of carbonyl (C=O) groups is 1. The highest BCUT2D eigenvalue weighted by molar-refractivity contribution is 5.97. The van der Waals surface area contributed by atoms with Gasteiger partial charge in [0.05, 0.1) is 5.92 Å². The molecule has 0 bridgehead atoms. The Morgan fingerprint density at radius 1 is 1.24 bits per heavy atom. The number of nitrogens with one attached hydrogen (secondary N) is 2. The second kappa shape index (κ2) is 5.58. The number of carbonyl (C=O) groups excluding carboxylic acids is 1. The quantitative estimate of drug-likeness (QED) is 0.793. The molecule has 1 aliphatic heterocycles. The number of amides is 1. The summed E-state index contributed by atoms with van der Waals surface area (Å²) in [5, 5.41) is 15.7. The molecule has 108 valence electrons. The second-order valence-electron chi connectivity index (χ2n) is 5.39. The second-order valence-corrected chi connectivity index (χ2v) is 5.39. The van der Waals surface area contributed by atoms with Gasteiger partial charge < -0.3 is 15.7 Å². The van der Waals surface area contributed by atoms with E-state index in [1.165, 1.54) is 0 Å². The van der Waals surface area contributed by atoms with Gasteiger partial charge in [-0.1, -0.05) is 30.3 Å². The molecule has 1 amide bonds. The van der Waals surface area contributed by atoms with Crippen LogP contribution in [0.4, 0.5) is 5.69 Å². The number of anilines is 1. The molecule has 1 aliphatic rings. The maximum atomic E-state index is 12.6. The van der Waals surface area contributed by atoms with E-state index in [1.54, 1.807) is 24.3 Å². The topological polar surface area (TPSA) is 61.4 Å². The van der Waals surface area contributed by atoms with Gasteiger partial charge in [0.1, 0.15) is 5.75 Å². The Kier molecular flexibility index (Phi) is 3.62. The Hall–Kier alpha value is -2.33. The van der Waals surface area contributed by atoms with Crippen molar-refractivity contribution in [2.75, 3.05) is 5.32 Å². The molecule has 0 saturated heterocycles. The molecule has 2 unspecified atom stereocenters. The van der Waals surface area contributed by atoms with Gasteiger partial charge in [0.25, 0.3) is 0 Å². The Bertz CT molecular complexity index is 669. The highest BCUT2D eigenvalue weighted by Crippen LogP contribution is 2.29. The zero-order valence-corrected chi connectivity index (χ0v) is 11.8. The normalized spacial score (nSPS) is 20.6. The highest BCUT2D eigenvalue weighted by Gasteiger charge is 2.31. The average Bonchev–Trinajstić information content (AvgIpc) is 2.47. The van der Waals surface area contributed by atoms with Crippen LogP contribution in [0.15, 0.2) is 48.5 Å². The monoisotopic (exact) mass is 282 g/mol. The van der Waals surface area contributed by atoms with Gasteiger partial charge in [0.15, 0.2) is 0 Å². The molecule has 3 rings (SSSR count). The first-order chi connectivity index (χ1) is 10.1. The third-order valence-corrected chi connectivity index (χ3v) is 3.90.